The maximum atomic E-state index is 15.3. The van der Waals surface area contributed by atoms with Gasteiger partial charge in [-0.2, -0.15) is 26.3 Å². The molecule has 1 saturated carbocycles. The smallest absolute Gasteiger partial charge is 0.416 e. The van der Waals surface area contributed by atoms with Crippen molar-refractivity contribution in [2.75, 3.05) is 16.4 Å². The van der Waals surface area contributed by atoms with Crippen LogP contribution in [0.1, 0.15) is 42.4 Å². The van der Waals surface area contributed by atoms with Gasteiger partial charge in [-0.3, -0.25) is 19.2 Å². The summed E-state index contributed by atoms with van der Waals surface area (Å²) in [6.07, 6.45) is -11.0. The summed E-state index contributed by atoms with van der Waals surface area (Å²) < 4.78 is 162. The largest absolute Gasteiger partial charge is 0.504 e. The molecule has 2 aliphatic carbocycles. The predicted octanol–water partition coefficient (Wildman–Crippen LogP) is 8.29. The number of carbonyl (C=O) groups is 4. The number of aromatic hydroxyl groups is 1. The Morgan fingerprint density at radius 2 is 1.33 bits per heavy atom. The van der Waals surface area contributed by atoms with E-state index in [1.807, 2.05) is 0 Å². The molecule has 0 aromatic heterocycles. The summed E-state index contributed by atoms with van der Waals surface area (Å²) in [6.45, 7) is 1.45. The van der Waals surface area contributed by atoms with E-state index in [0.29, 0.717) is 0 Å². The van der Waals surface area contributed by atoms with Crippen LogP contribution >= 0.6 is 23.2 Å². The molecule has 7 rings (SSSR count). The molecule has 0 spiro atoms. The molecule has 2 heterocycles. The lowest BCUT2D eigenvalue weighted by Crippen LogP contribution is -2.60. The molecular weight excluding hydrogens is 836 g/mol. The number of amides is 4. The monoisotopic (exact) mass is 856 g/mol. The summed E-state index contributed by atoms with van der Waals surface area (Å²) in [4.78, 5) is 50.6. The Kier molecular flexibility index (Phi) is 9.23. The highest BCUT2D eigenvalue weighted by atomic mass is 35.5. The van der Waals surface area contributed by atoms with Crippen LogP contribution in [0.25, 0.3) is 0 Å². The van der Waals surface area contributed by atoms with Gasteiger partial charge >= 0.3 is 12.4 Å². The van der Waals surface area contributed by atoms with E-state index >= 15 is 8.78 Å². The van der Waals surface area contributed by atoms with Gasteiger partial charge in [0.05, 0.1) is 35.3 Å². The van der Waals surface area contributed by atoms with E-state index in [4.69, 9.17) is 27.9 Å². The van der Waals surface area contributed by atoms with E-state index in [1.54, 1.807) is 0 Å². The maximum Gasteiger partial charge on any atom is 0.416 e. The molecule has 0 bridgehead atoms. The van der Waals surface area contributed by atoms with E-state index in [1.165, 1.54) is 13.0 Å². The molecule has 0 unspecified atom stereocenters. The SMILES string of the molecule is CCOc1cc([C@H]2C3=CC[C@@H]4C(=O)N(c5cc(C(F)(F)F)cc(C(F)(F)F)c5)C(=O)[C@@H]4[C@@H]3C[C@@]3(Cl)C(=O)N(c4c(F)c(F)c(F)c(F)c4F)C(=O)[C@@]23Cl)ccc1O. The number of anilines is 2. The average Bonchev–Trinajstić information content (AvgIpc) is 3.48. The van der Waals surface area contributed by atoms with Crippen LogP contribution in [-0.2, 0) is 31.5 Å². The molecule has 4 amide bonds. The van der Waals surface area contributed by atoms with Gasteiger partial charge in [0.2, 0.25) is 17.6 Å². The lowest BCUT2D eigenvalue weighted by Gasteiger charge is -2.50. The van der Waals surface area contributed by atoms with Crippen LogP contribution in [0, 0.1) is 46.8 Å². The van der Waals surface area contributed by atoms with Crippen molar-refractivity contribution in [1.82, 2.24) is 0 Å². The number of benzene rings is 3. The van der Waals surface area contributed by atoms with E-state index in [2.05, 4.69) is 0 Å². The van der Waals surface area contributed by atoms with Gasteiger partial charge in [0.25, 0.3) is 11.8 Å². The lowest BCUT2D eigenvalue weighted by molar-refractivity contribution is -0.143. The third kappa shape index (κ3) is 5.61. The zero-order chi connectivity index (χ0) is 42.1. The van der Waals surface area contributed by atoms with Gasteiger partial charge in [0.1, 0.15) is 5.69 Å². The van der Waals surface area contributed by atoms with Crippen LogP contribution in [0.3, 0.4) is 0 Å². The van der Waals surface area contributed by atoms with Gasteiger partial charge in [0.15, 0.2) is 44.5 Å². The summed E-state index contributed by atoms with van der Waals surface area (Å²) in [5, 5.41) is 10.4. The van der Waals surface area contributed by atoms with Crippen LogP contribution in [-0.4, -0.2) is 45.1 Å². The standard InChI is InChI=1S/C36H21Cl2F11N2O6/c1-2-57-20-7-12(3-6-19(20)52)22-16-4-5-17-21(30(54)50(29(17)53)15-9-13(35(44,45)46)8-14(10-15)36(47,48)49)18(16)11-33(37)31(55)51(32(56)34(22,33)38)28-26(42)24(40)23(39)25(41)27(28)43/h3-4,6-10,17-18,21-22,52H,2,5,11H2,1H3/t17-,18+,21-,22-,33+,34-/m0/s1. The van der Waals surface area contributed by atoms with E-state index < -0.39 is 144 Å². The number of hydrogen-bond donors (Lipinski definition) is 1. The van der Waals surface area contributed by atoms with Crippen molar-refractivity contribution in [1.29, 1.82) is 0 Å². The van der Waals surface area contributed by atoms with Crippen molar-refractivity contribution in [3.05, 3.63) is 93.8 Å². The molecule has 2 saturated heterocycles. The highest BCUT2D eigenvalue weighted by Crippen LogP contribution is 2.66. The average molecular weight is 857 g/mol. The third-order valence-electron chi connectivity index (χ3n) is 10.7. The van der Waals surface area contributed by atoms with Crippen LogP contribution in [0.4, 0.5) is 59.7 Å². The fourth-order valence-electron chi connectivity index (χ4n) is 8.24. The third-order valence-corrected chi connectivity index (χ3v) is 12.1. The number of hydrogen-bond acceptors (Lipinski definition) is 6. The fraction of sp³-hybridized carbons (Fsp3) is 0.333. The van der Waals surface area contributed by atoms with Gasteiger partial charge in [0, 0.05) is 5.92 Å². The Morgan fingerprint density at radius 1 is 0.772 bits per heavy atom. The fourth-order valence-corrected chi connectivity index (χ4v) is 9.18. The highest BCUT2D eigenvalue weighted by molar-refractivity contribution is 6.58. The van der Waals surface area contributed by atoms with Crippen molar-refractivity contribution in [3.8, 4) is 11.5 Å². The molecule has 3 aromatic rings. The van der Waals surface area contributed by atoms with Crippen LogP contribution in [0.15, 0.2) is 48.0 Å². The number of phenolic OH excluding ortho intramolecular Hbond substituents is 1. The summed E-state index contributed by atoms with van der Waals surface area (Å²) in [5.41, 5.74) is -7.09. The molecular formula is C36H21Cl2F11N2O6. The Morgan fingerprint density at radius 3 is 1.88 bits per heavy atom. The van der Waals surface area contributed by atoms with Gasteiger partial charge in [-0.1, -0.05) is 17.7 Å². The number of fused-ring (bicyclic) bond motifs is 4. The number of nitrogens with zero attached hydrogens (tertiary/aromatic N) is 2. The van der Waals surface area contributed by atoms with Crippen molar-refractivity contribution in [2.45, 2.75) is 47.8 Å². The number of rotatable bonds is 5. The maximum absolute atomic E-state index is 15.3. The minimum Gasteiger partial charge on any atom is -0.504 e. The van der Waals surface area contributed by atoms with E-state index in [9.17, 15) is 63.8 Å². The Labute approximate surface area is 322 Å². The molecule has 57 heavy (non-hydrogen) atoms. The van der Waals surface area contributed by atoms with Gasteiger partial charge < -0.3 is 9.84 Å². The Bertz CT molecular complexity index is 2290. The zero-order valence-corrected chi connectivity index (χ0v) is 29.8. The van der Waals surface area contributed by atoms with Gasteiger partial charge in [-0.15, -0.1) is 23.2 Å². The van der Waals surface area contributed by atoms with E-state index in [0.717, 1.165) is 18.2 Å². The number of phenols is 1. The minimum absolute atomic E-state index is 0.0638. The minimum atomic E-state index is -5.38. The first-order valence-electron chi connectivity index (χ1n) is 16.5. The summed E-state index contributed by atoms with van der Waals surface area (Å²) >= 11 is 14.1. The predicted molar refractivity (Wildman–Crippen MR) is 175 cm³/mol. The molecule has 6 atom stereocenters. The molecule has 8 nitrogen and oxygen atoms in total. The summed E-state index contributed by atoms with van der Waals surface area (Å²) in [6, 6.07) is 3.35. The quantitative estimate of drug-likeness (QED) is 0.0692. The van der Waals surface area contributed by atoms with Crippen LogP contribution in [0.5, 0.6) is 11.5 Å². The Balaban J connectivity index is 1.43. The molecule has 21 heteroatoms. The van der Waals surface area contributed by atoms with Crippen molar-refractivity contribution in [2.24, 2.45) is 17.8 Å². The van der Waals surface area contributed by atoms with E-state index in [-0.39, 0.29) is 46.6 Å². The second-order valence-corrected chi connectivity index (χ2v) is 14.9. The molecule has 302 valence electrons. The topological polar surface area (TPSA) is 104 Å². The first-order chi connectivity index (χ1) is 26.4. The normalized spacial score (nSPS) is 27.4. The summed E-state index contributed by atoms with van der Waals surface area (Å²) in [5.74, 6) is -26.6. The first kappa shape index (κ1) is 40.3. The second kappa shape index (κ2) is 13.1. The molecule has 4 aliphatic rings. The van der Waals surface area contributed by atoms with Crippen molar-refractivity contribution < 1.29 is 77.3 Å². The van der Waals surface area contributed by atoms with Gasteiger partial charge in [-0.05, 0) is 61.6 Å². The molecule has 3 aromatic carbocycles. The van der Waals surface area contributed by atoms with Crippen molar-refractivity contribution >= 4 is 58.2 Å². The molecule has 3 fully saturated rings. The number of imide groups is 2. The number of alkyl halides is 8. The number of halogens is 13. The highest BCUT2D eigenvalue weighted by Gasteiger charge is 2.77. The first-order valence-corrected chi connectivity index (χ1v) is 17.3. The van der Waals surface area contributed by atoms with Crippen molar-refractivity contribution in [3.63, 3.8) is 0 Å². The van der Waals surface area contributed by atoms with Crippen LogP contribution < -0.4 is 14.5 Å². The number of ether oxygens (including phenoxy) is 1. The van der Waals surface area contributed by atoms with Gasteiger partial charge in [-0.25, -0.2) is 31.8 Å². The molecule has 2 aliphatic heterocycles. The second-order valence-electron chi connectivity index (χ2n) is 13.6. The summed E-state index contributed by atoms with van der Waals surface area (Å²) in [7, 11) is 0. The zero-order valence-electron chi connectivity index (χ0n) is 28.3. The Hall–Kier alpha value is -4.91. The lowest BCUT2D eigenvalue weighted by atomic mass is 9.56. The number of carbonyl (C=O) groups excluding carboxylic acids is 4. The molecule has 1 N–H and O–H groups in total. The molecule has 0 radical (unpaired) electrons. The number of allylic oxidation sites excluding steroid dienone is 2. The van der Waals surface area contributed by atoms with Crippen LogP contribution in [0.2, 0.25) is 0 Å².